The first-order valence-electron chi connectivity index (χ1n) is 11.1. The van der Waals surface area contributed by atoms with Crippen molar-refractivity contribution in [3.63, 3.8) is 0 Å². The number of fused-ring (bicyclic) bond motifs is 3. The average Bonchev–Trinajstić information content (AvgIpc) is 3.11. The van der Waals surface area contributed by atoms with Crippen molar-refractivity contribution >= 4 is 23.4 Å². The smallest absolute Gasteiger partial charge is 0.234 e. The Hall–Kier alpha value is -2.37. The number of thioether (sulfide) groups is 1. The summed E-state index contributed by atoms with van der Waals surface area (Å²) in [7, 11) is 1.84. The fourth-order valence-electron chi connectivity index (χ4n) is 4.81. The van der Waals surface area contributed by atoms with Gasteiger partial charge in [-0.25, -0.2) is 0 Å². The van der Waals surface area contributed by atoms with Crippen LogP contribution in [-0.4, -0.2) is 37.6 Å². The van der Waals surface area contributed by atoms with Crippen LogP contribution in [0.25, 0.3) is 0 Å². The largest absolute Gasteiger partial charge is 0.393 e. The lowest BCUT2D eigenvalue weighted by Crippen LogP contribution is -2.22. The van der Waals surface area contributed by atoms with Gasteiger partial charge in [0.1, 0.15) is 11.9 Å². The SMILES string of the molecule is C[C@H](O)Cc1nnc(SCC(=O)Nc2c(C#N)c3c(c4c2CCCC4)CCCC3)n1C. The van der Waals surface area contributed by atoms with Crippen LogP contribution in [0.4, 0.5) is 5.69 Å². The maximum absolute atomic E-state index is 12.9. The average molecular weight is 440 g/mol. The van der Waals surface area contributed by atoms with Gasteiger partial charge in [0.2, 0.25) is 5.91 Å². The molecule has 0 bridgehead atoms. The minimum absolute atomic E-state index is 0.134. The van der Waals surface area contributed by atoms with E-state index < -0.39 is 6.10 Å². The third-order valence-corrected chi connectivity index (χ3v) is 7.29. The van der Waals surface area contributed by atoms with Crippen molar-refractivity contribution in [1.82, 2.24) is 14.8 Å². The highest BCUT2D eigenvalue weighted by Gasteiger charge is 2.27. The molecule has 7 nitrogen and oxygen atoms in total. The highest BCUT2D eigenvalue weighted by molar-refractivity contribution is 7.99. The summed E-state index contributed by atoms with van der Waals surface area (Å²) in [6.07, 6.45) is 8.43. The van der Waals surface area contributed by atoms with Crippen molar-refractivity contribution in [2.75, 3.05) is 11.1 Å². The summed E-state index contributed by atoms with van der Waals surface area (Å²) < 4.78 is 1.81. The molecule has 0 aliphatic heterocycles. The Morgan fingerprint density at radius 1 is 1.13 bits per heavy atom. The lowest BCUT2D eigenvalue weighted by molar-refractivity contribution is -0.113. The molecule has 1 heterocycles. The highest BCUT2D eigenvalue weighted by atomic mass is 32.2. The summed E-state index contributed by atoms with van der Waals surface area (Å²) in [5.41, 5.74) is 6.53. The molecule has 0 saturated carbocycles. The Balaban J connectivity index is 1.55. The highest BCUT2D eigenvalue weighted by Crippen LogP contribution is 2.40. The number of nitrogens with one attached hydrogen (secondary N) is 1. The normalized spacial score (nSPS) is 16.2. The number of nitriles is 1. The fourth-order valence-corrected chi connectivity index (χ4v) is 5.54. The van der Waals surface area contributed by atoms with Crippen molar-refractivity contribution in [3.8, 4) is 6.07 Å². The molecule has 164 valence electrons. The molecule has 0 radical (unpaired) electrons. The van der Waals surface area contributed by atoms with Crippen molar-refractivity contribution in [1.29, 1.82) is 5.26 Å². The molecule has 1 amide bonds. The zero-order chi connectivity index (χ0) is 22.0. The minimum Gasteiger partial charge on any atom is -0.393 e. The van der Waals surface area contributed by atoms with E-state index in [-0.39, 0.29) is 11.7 Å². The predicted molar refractivity (Wildman–Crippen MR) is 120 cm³/mol. The molecule has 4 rings (SSSR count). The van der Waals surface area contributed by atoms with Crippen LogP contribution in [0.5, 0.6) is 0 Å². The number of aromatic nitrogens is 3. The topological polar surface area (TPSA) is 104 Å². The summed E-state index contributed by atoms with van der Waals surface area (Å²) in [6, 6.07) is 2.41. The molecule has 2 N–H and O–H groups in total. The number of rotatable bonds is 6. The van der Waals surface area contributed by atoms with Crippen LogP contribution in [0.3, 0.4) is 0 Å². The Bertz CT molecular complexity index is 1040. The van der Waals surface area contributed by atoms with Crippen molar-refractivity contribution in [2.45, 2.75) is 76.0 Å². The molecular weight excluding hydrogens is 410 g/mol. The number of carbonyl (C=O) groups excluding carboxylic acids is 1. The van der Waals surface area contributed by atoms with Crippen molar-refractivity contribution in [2.24, 2.45) is 7.05 Å². The van der Waals surface area contributed by atoms with Gasteiger partial charge in [0, 0.05) is 13.5 Å². The van der Waals surface area contributed by atoms with Gasteiger partial charge in [-0.1, -0.05) is 11.8 Å². The Labute approximate surface area is 187 Å². The summed E-state index contributed by atoms with van der Waals surface area (Å²) in [5.74, 6) is 0.746. The first kappa shape index (κ1) is 21.8. The monoisotopic (exact) mass is 439 g/mol. The van der Waals surface area contributed by atoms with Gasteiger partial charge in [-0.2, -0.15) is 5.26 Å². The molecule has 2 aliphatic carbocycles. The van der Waals surface area contributed by atoms with E-state index in [1.54, 1.807) is 6.92 Å². The first-order valence-corrected chi connectivity index (χ1v) is 12.1. The van der Waals surface area contributed by atoms with Crippen LogP contribution in [-0.2, 0) is 43.9 Å². The number of nitrogens with zero attached hydrogens (tertiary/aromatic N) is 4. The number of benzene rings is 1. The van der Waals surface area contributed by atoms with E-state index in [1.807, 2.05) is 11.6 Å². The molecule has 8 heteroatoms. The molecule has 1 atom stereocenters. The fraction of sp³-hybridized carbons (Fsp3) is 0.565. The maximum atomic E-state index is 12.9. The maximum Gasteiger partial charge on any atom is 0.234 e. The van der Waals surface area contributed by atoms with Gasteiger partial charge in [0.25, 0.3) is 0 Å². The van der Waals surface area contributed by atoms with Crippen LogP contribution >= 0.6 is 11.8 Å². The number of aliphatic hydroxyl groups is 1. The van der Waals surface area contributed by atoms with Gasteiger partial charge >= 0.3 is 0 Å². The van der Waals surface area contributed by atoms with E-state index in [9.17, 15) is 15.2 Å². The lowest BCUT2D eigenvalue weighted by Gasteiger charge is -2.29. The molecule has 1 aromatic heterocycles. The summed E-state index contributed by atoms with van der Waals surface area (Å²) >= 11 is 1.31. The van der Waals surface area contributed by atoms with Gasteiger partial charge in [0.05, 0.1) is 23.1 Å². The third kappa shape index (κ3) is 4.48. The van der Waals surface area contributed by atoms with E-state index >= 15 is 0 Å². The number of hydrogen-bond acceptors (Lipinski definition) is 6. The molecule has 0 fully saturated rings. The number of aliphatic hydroxyl groups excluding tert-OH is 1. The van der Waals surface area contributed by atoms with E-state index in [0.717, 1.165) is 49.8 Å². The van der Waals surface area contributed by atoms with Crippen LogP contribution < -0.4 is 5.32 Å². The molecule has 2 aliphatic rings. The number of hydrogen-bond donors (Lipinski definition) is 2. The lowest BCUT2D eigenvalue weighted by atomic mass is 9.77. The Kier molecular flexibility index (Phi) is 6.63. The van der Waals surface area contributed by atoms with Crippen LogP contribution in [0.2, 0.25) is 0 Å². The van der Waals surface area contributed by atoms with E-state index in [2.05, 4.69) is 21.6 Å². The zero-order valence-corrected chi connectivity index (χ0v) is 19.0. The van der Waals surface area contributed by atoms with Crippen LogP contribution in [0, 0.1) is 11.3 Å². The molecular formula is C23H29N5O2S. The van der Waals surface area contributed by atoms with Gasteiger partial charge in [-0.05, 0) is 80.5 Å². The van der Waals surface area contributed by atoms with Gasteiger partial charge < -0.3 is 15.0 Å². The predicted octanol–water partition coefficient (Wildman–Crippen LogP) is 3.10. The van der Waals surface area contributed by atoms with Gasteiger partial charge in [-0.3, -0.25) is 4.79 Å². The summed E-state index contributed by atoms with van der Waals surface area (Å²) in [6.45, 7) is 1.71. The second-order valence-electron chi connectivity index (χ2n) is 8.54. The summed E-state index contributed by atoms with van der Waals surface area (Å²) in [5, 5.41) is 31.5. The van der Waals surface area contributed by atoms with Crippen molar-refractivity contribution in [3.05, 3.63) is 33.6 Å². The molecule has 2 aromatic rings. The van der Waals surface area contributed by atoms with Crippen molar-refractivity contribution < 1.29 is 9.90 Å². The van der Waals surface area contributed by atoms with Gasteiger partial charge in [-0.15, -0.1) is 10.2 Å². The summed E-state index contributed by atoms with van der Waals surface area (Å²) in [4.78, 5) is 12.9. The number of carbonyl (C=O) groups is 1. The van der Waals surface area contributed by atoms with E-state index in [4.69, 9.17) is 0 Å². The second kappa shape index (κ2) is 9.41. The number of amides is 1. The molecule has 31 heavy (non-hydrogen) atoms. The van der Waals surface area contributed by atoms with Crippen LogP contribution in [0.1, 0.15) is 66.2 Å². The number of anilines is 1. The zero-order valence-electron chi connectivity index (χ0n) is 18.2. The van der Waals surface area contributed by atoms with E-state index in [1.165, 1.54) is 41.3 Å². The second-order valence-corrected chi connectivity index (χ2v) is 9.48. The standard InChI is InChI=1S/C23H29N5O2S/c1-14(29)11-20-26-27-23(28(20)2)31-13-21(30)25-22-18-10-6-5-8-16(18)15-7-3-4-9-17(15)19(22)12-24/h14,29H,3-11,13H2,1-2H3,(H,25,30)/t14-/m0/s1. The minimum atomic E-state index is -0.497. The van der Waals surface area contributed by atoms with Gasteiger partial charge in [0.15, 0.2) is 5.16 Å². The molecule has 1 aromatic carbocycles. The van der Waals surface area contributed by atoms with Crippen LogP contribution in [0.15, 0.2) is 5.16 Å². The third-order valence-electron chi connectivity index (χ3n) is 6.27. The Morgan fingerprint density at radius 2 is 1.74 bits per heavy atom. The molecule has 0 unspecified atom stereocenters. The first-order chi connectivity index (χ1) is 15.0. The molecule has 0 spiro atoms. The Morgan fingerprint density at radius 3 is 2.39 bits per heavy atom. The quantitative estimate of drug-likeness (QED) is 0.671. The molecule has 0 saturated heterocycles. The van der Waals surface area contributed by atoms with E-state index in [0.29, 0.717) is 23.0 Å².